The van der Waals surface area contributed by atoms with E-state index >= 15 is 0 Å². The second-order valence-corrected chi connectivity index (χ2v) is 3.83. The van der Waals surface area contributed by atoms with Crippen LogP contribution in [0.15, 0.2) is 6.20 Å². The van der Waals surface area contributed by atoms with E-state index in [2.05, 4.69) is 34.0 Å². The predicted octanol–water partition coefficient (Wildman–Crippen LogP) is 1.53. The maximum Gasteiger partial charge on any atom is 0.147 e. The van der Waals surface area contributed by atoms with Gasteiger partial charge in [-0.25, -0.2) is 4.98 Å². The molecule has 0 unspecified atom stereocenters. The van der Waals surface area contributed by atoms with Crippen LogP contribution in [0.2, 0.25) is 0 Å². The number of aromatic nitrogens is 2. The average Bonchev–Trinajstić information content (AvgIpc) is 2.29. The minimum absolute atomic E-state index is 0.961. The Kier molecular flexibility index (Phi) is 5.19. The van der Waals surface area contributed by atoms with Crippen molar-refractivity contribution in [1.82, 2.24) is 15.3 Å². The van der Waals surface area contributed by atoms with Crippen molar-refractivity contribution in [3.8, 4) is 0 Å². The summed E-state index contributed by atoms with van der Waals surface area (Å²) in [6.07, 6.45) is 1.86. The molecule has 1 N–H and O–H groups in total. The second-order valence-electron chi connectivity index (χ2n) is 3.83. The van der Waals surface area contributed by atoms with Crippen LogP contribution in [-0.4, -0.2) is 36.1 Å². The topological polar surface area (TPSA) is 41.0 Å². The maximum atomic E-state index is 4.56. The van der Waals surface area contributed by atoms with Gasteiger partial charge in [-0.1, -0.05) is 6.92 Å². The molecule has 1 aromatic rings. The molecule has 0 radical (unpaired) electrons. The molecule has 0 saturated carbocycles. The predicted molar refractivity (Wildman–Crippen MR) is 67.9 cm³/mol. The van der Waals surface area contributed by atoms with Gasteiger partial charge in [-0.05, 0) is 27.3 Å². The van der Waals surface area contributed by atoms with Gasteiger partial charge in [-0.15, -0.1) is 0 Å². The van der Waals surface area contributed by atoms with Crippen molar-refractivity contribution < 1.29 is 0 Å². The van der Waals surface area contributed by atoms with Crippen LogP contribution in [0.5, 0.6) is 0 Å². The zero-order valence-electron chi connectivity index (χ0n) is 10.7. The average molecular weight is 222 g/mol. The van der Waals surface area contributed by atoms with E-state index < -0.39 is 0 Å². The van der Waals surface area contributed by atoms with Gasteiger partial charge in [-0.2, -0.15) is 0 Å². The number of hydrogen-bond donors (Lipinski definition) is 1. The highest BCUT2D eigenvalue weighted by atomic mass is 15.2. The first-order valence-electron chi connectivity index (χ1n) is 5.95. The Morgan fingerprint density at radius 1 is 1.25 bits per heavy atom. The first-order chi connectivity index (χ1) is 7.69. The molecule has 4 heteroatoms. The van der Waals surface area contributed by atoms with Gasteiger partial charge in [0.15, 0.2) is 0 Å². The number of nitrogens with zero attached hydrogens (tertiary/aromatic N) is 3. The Morgan fingerprint density at radius 2 is 2.00 bits per heavy atom. The molecular formula is C12H22N4. The Hall–Kier alpha value is -1.16. The monoisotopic (exact) mass is 222 g/mol. The first kappa shape index (κ1) is 12.9. The minimum atomic E-state index is 0.961. The highest BCUT2D eigenvalue weighted by Gasteiger charge is 2.06. The smallest absolute Gasteiger partial charge is 0.147 e. The molecule has 0 aromatic carbocycles. The van der Waals surface area contributed by atoms with Crippen molar-refractivity contribution in [1.29, 1.82) is 0 Å². The standard InChI is InChI=1S/C12H22N4/c1-5-13-7-8-16(6-2)12-9-14-10(3)11(4)15-12/h9,13H,5-8H2,1-4H3. The first-order valence-corrected chi connectivity index (χ1v) is 5.95. The van der Waals surface area contributed by atoms with Gasteiger partial charge in [-0.3, -0.25) is 4.98 Å². The molecule has 0 aliphatic carbocycles. The summed E-state index contributed by atoms with van der Waals surface area (Å²) in [5, 5.41) is 3.32. The Morgan fingerprint density at radius 3 is 2.56 bits per heavy atom. The summed E-state index contributed by atoms with van der Waals surface area (Å²) in [4.78, 5) is 11.1. The van der Waals surface area contributed by atoms with Crippen LogP contribution < -0.4 is 10.2 Å². The van der Waals surface area contributed by atoms with E-state index in [1.807, 2.05) is 20.0 Å². The molecule has 16 heavy (non-hydrogen) atoms. The van der Waals surface area contributed by atoms with Crippen LogP contribution in [-0.2, 0) is 0 Å². The van der Waals surface area contributed by atoms with Crippen molar-refractivity contribution in [3.63, 3.8) is 0 Å². The van der Waals surface area contributed by atoms with E-state index in [0.717, 1.165) is 43.4 Å². The van der Waals surface area contributed by atoms with Crippen LogP contribution in [0.4, 0.5) is 5.82 Å². The maximum absolute atomic E-state index is 4.56. The SMILES string of the molecule is CCNCCN(CC)c1cnc(C)c(C)n1. The highest BCUT2D eigenvalue weighted by Crippen LogP contribution is 2.10. The number of rotatable bonds is 6. The molecular weight excluding hydrogens is 200 g/mol. The van der Waals surface area contributed by atoms with E-state index in [0.29, 0.717) is 0 Å². The Balaban J connectivity index is 2.67. The number of likely N-dealkylation sites (N-methyl/N-ethyl adjacent to an activating group) is 2. The summed E-state index contributed by atoms with van der Waals surface area (Å²) in [5.41, 5.74) is 2.02. The van der Waals surface area contributed by atoms with Crippen molar-refractivity contribution in [2.45, 2.75) is 27.7 Å². The lowest BCUT2D eigenvalue weighted by molar-refractivity contribution is 0.682. The van der Waals surface area contributed by atoms with E-state index in [1.54, 1.807) is 0 Å². The lowest BCUT2D eigenvalue weighted by atomic mass is 10.3. The highest BCUT2D eigenvalue weighted by molar-refractivity contribution is 5.37. The van der Waals surface area contributed by atoms with Crippen molar-refractivity contribution >= 4 is 5.82 Å². The zero-order valence-corrected chi connectivity index (χ0v) is 10.7. The number of anilines is 1. The van der Waals surface area contributed by atoms with Crippen LogP contribution in [0, 0.1) is 13.8 Å². The van der Waals surface area contributed by atoms with Gasteiger partial charge in [0.05, 0.1) is 17.6 Å². The third kappa shape index (κ3) is 3.45. The van der Waals surface area contributed by atoms with E-state index in [-0.39, 0.29) is 0 Å². The second kappa shape index (κ2) is 6.43. The van der Waals surface area contributed by atoms with Crippen LogP contribution in [0.1, 0.15) is 25.2 Å². The van der Waals surface area contributed by atoms with Crippen LogP contribution in [0.3, 0.4) is 0 Å². The lowest BCUT2D eigenvalue weighted by Gasteiger charge is -2.22. The molecule has 0 aliphatic heterocycles. The van der Waals surface area contributed by atoms with Gasteiger partial charge in [0.25, 0.3) is 0 Å². The summed E-state index contributed by atoms with van der Waals surface area (Å²) in [6.45, 7) is 12.2. The summed E-state index contributed by atoms with van der Waals surface area (Å²) < 4.78 is 0. The summed E-state index contributed by atoms with van der Waals surface area (Å²) in [5.74, 6) is 0.975. The summed E-state index contributed by atoms with van der Waals surface area (Å²) in [6, 6.07) is 0. The molecule has 0 amide bonds. The number of nitrogens with one attached hydrogen (secondary N) is 1. The quantitative estimate of drug-likeness (QED) is 0.741. The lowest BCUT2D eigenvalue weighted by Crippen LogP contribution is -2.32. The fourth-order valence-corrected chi connectivity index (χ4v) is 1.51. The normalized spacial score (nSPS) is 10.5. The van der Waals surface area contributed by atoms with Crippen molar-refractivity contribution in [2.75, 3.05) is 31.1 Å². The fourth-order valence-electron chi connectivity index (χ4n) is 1.51. The molecule has 0 saturated heterocycles. The number of aryl methyl sites for hydroxylation is 2. The van der Waals surface area contributed by atoms with Crippen LogP contribution >= 0.6 is 0 Å². The van der Waals surface area contributed by atoms with Gasteiger partial charge < -0.3 is 10.2 Å². The Bertz CT molecular complexity index is 325. The molecule has 0 spiro atoms. The molecule has 0 aliphatic rings. The third-order valence-electron chi connectivity index (χ3n) is 2.69. The molecule has 1 heterocycles. The van der Waals surface area contributed by atoms with Crippen molar-refractivity contribution in [3.05, 3.63) is 17.6 Å². The molecule has 1 rings (SSSR count). The molecule has 0 atom stereocenters. The van der Waals surface area contributed by atoms with Gasteiger partial charge in [0.2, 0.25) is 0 Å². The Labute approximate surface area is 98.1 Å². The molecule has 4 nitrogen and oxygen atoms in total. The molecule has 1 aromatic heterocycles. The minimum Gasteiger partial charge on any atom is -0.354 e. The third-order valence-corrected chi connectivity index (χ3v) is 2.69. The van der Waals surface area contributed by atoms with E-state index in [9.17, 15) is 0 Å². The molecule has 0 fully saturated rings. The van der Waals surface area contributed by atoms with Gasteiger partial charge in [0, 0.05) is 19.6 Å². The largest absolute Gasteiger partial charge is 0.354 e. The van der Waals surface area contributed by atoms with Crippen molar-refractivity contribution in [2.24, 2.45) is 0 Å². The van der Waals surface area contributed by atoms with E-state index in [4.69, 9.17) is 0 Å². The summed E-state index contributed by atoms with van der Waals surface area (Å²) in [7, 11) is 0. The van der Waals surface area contributed by atoms with Gasteiger partial charge >= 0.3 is 0 Å². The van der Waals surface area contributed by atoms with Crippen LogP contribution in [0.25, 0.3) is 0 Å². The van der Waals surface area contributed by atoms with E-state index in [1.165, 1.54) is 0 Å². The number of hydrogen-bond acceptors (Lipinski definition) is 4. The zero-order chi connectivity index (χ0) is 12.0. The molecule has 0 bridgehead atoms. The molecule has 90 valence electrons. The van der Waals surface area contributed by atoms with Gasteiger partial charge in [0.1, 0.15) is 5.82 Å². The fraction of sp³-hybridized carbons (Fsp3) is 0.667. The summed E-state index contributed by atoms with van der Waals surface area (Å²) >= 11 is 0.